The zero-order chi connectivity index (χ0) is 25.3. The summed E-state index contributed by atoms with van der Waals surface area (Å²) < 4.78 is 44.3. The minimum Gasteiger partial charge on any atom is -0.497 e. The Morgan fingerprint density at radius 1 is 1.14 bits per heavy atom. The Morgan fingerprint density at radius 3 is 2.51 bits per heavy atom. The van der Waals surface area contributed by atoms with Crippen LogP contribution in [0.4, 0.5) is 13.2 Å². The fourth-order valence-corrected chi connectivity index (χ4v) is 4.61. The molecule has 10 heteroatoms. The predicted molar refractivity (Wildman–Crippen MR) is 121 cm³/mol. The zero-order valence-electron chi connectivity index (χ0n) is 19.3. The first-order valence-electron chi connectivity index (χ1n) is 11.2. The third kappa shape index (κ3) is 4.97. The second kappa shape index (κ2) is 9.61. The molecule has 2 aliphatic rings. The van der Waals surface area contributed by atoms with Crippen molar-refractivity contribution in [3.8, 4) is 16.9 Å². The summed E-state index contributed by atoms with van der Waals surface area (Å²) >= 11 is 0. The van der Waals surface area contributed by atoms with Crippen LogP contribution < -0.4 is 10.5 Å². The first-order chi connectivity index (χ1) is 16.6. The van der Waals surface area contributed by atoms with Crippen LogP contribution in [0.25, 0.3) is 11.1 Å². The van der Waals surface area contributed by atoms with E-state index in [4.69, 9.17) is 15.3 Å². The van der Waals surface area contributed by atoms with E-state index in [0.717, 1.165) is 32.4 Å². The highest BCUT2D eigenvalue weighted by atomic mass is 19.4. The van der Waals surface area contributed by atoms with E-state index >= 15 is 0 Å². The van der Waals surface area contributed by atoms with Crippen molar-refractivity contribution >= 4 is 11.9 Å². The summed E-state index contributed by atoms with van der Waals surface area (Å²) in [5.41, 5.74) is 9.43. The normalized spacial score (nSPS) is 20.6. The van der Waals surface area contributed by atoms with Gasteiger partial charge >= 0.3 is 12.1 Å². The van der Waals surface area contributed by atoms with E-state index in [2.05, 4.69) is 0 Å². The monoisotopic (exact) mass is 489 g/mol. The number of hydrogen-bond acceptors (Lipinski definition) is 6. The first kappa shape index (κ1) is 24.6. The van der Waals surface area contributed by atoms with Crippen molar-refractivity contribution in [3.63, 3.8) is 0 Å². The van der Waals surface area contributed by atoms with Crippen LogP contribution in [0.1, 0.15) is 24.8 Å². The van der Waals surface area contributed by atoms with Crippen molar-refractivity contribution in [2.75, 3.05) is 14.2 Å². The molecule has 4 rings (SSSR count). The lowest BCUT2D eigenvalue weighted by molar-refractivity contribution is -0.250. The molecular formula is C25H26F3N3O4. The molecule has 0 fully saturated rings. The van der Waals surface area contributed by atoms with E-state index < -0.39 is 18.4 Å². The molecule has 2 N–H and O–H groups in total. The molecule has 186 valence electrons. The third-order valence-corrected chi connectivity index (χ3v) is 6.35. The molecule has 0 radical (unpaired) electrons. The molecular weight excluding hydrogens is 463 g/mol. The molecule has 1 amide bonds. The summed E-state index contributed by atoms with van der Waals surface area (Å²) in [5, 5.41) is 0.766. The van der Waals surface area contributed by atoms with Gasteiger partial charge in [-0.1, -0.05) is 36.4 Å². The predicted octanol–water partition coefficient (Wildman–Crippen LogP) is 4.00. The number of nitrogens with zero attached hydrogens (tertiary/aromatic N) is 2. The van der Waals surface area contributed by atoms with Gasteiger partial charge in [-0.2, -0.15) is 18.2 Å². The summed E-state index contributed by atoms with van der Waals surface area (Å²) in [5.74, 6) is -2.39. The molecule has 0 spiro atoms. The van der Waals surface area contributed by atoms with E-state index in [1.165, 1.54) is 7.05 Å². The molecule has 35 heavy (non-hydrogen) atoms. The standard InChI is InChI=1S/C25H26F3N3O4/c1-30-22(32)20-11-5-9-18(21(20)31(24(30)29)35-23(33)25(26,27)28)13-15-6-3-7-16(12-15)17-8-4-10-19(14-17)34-2/h3-4,6-8,10,12,14,18,24H,5,9,11,13,29H2,1-2H3. The van der Waals surface area contributed by atoms with Gasteiger partial charge in [-0.15, -0.1) is 0 Å². The molecule has 1 aliphatic heterocycles. The molecule has 2 atom stereocenters. The summed E-state index contributed by atoms with van der Waals surface area (Å²) in [6.07, 6.45) is -4.49. The number of hydrogen-bond donors (Lipinski definition) is 1. The number of benzene rings is 2. The Balaban J connectivity index is 1.67. The van der Waals surface area contributed by atoms with Crippen molar-refractivity contribution in [1.82, 2.24) is 9.96 Å². The Labute approximate surface area is 200 Å². The summed E-state index contributed by atoms with van der Waals surface area (Å²) in [6, 6.07) is 15.4. The van der Waals surface area contributed by atoms with Crippen LogP contribution in [0.15, 0.2) is 59.8 Å². The number of allylic oxidation sites excluding steroid dienone is 1. The fourth-order valence-electron chi connectivity index (χ4n) is 4.61. The topological polar surface area (TPSA) is 85.1 Å². The van der Waals surface area contributed by atoms with Gasteiger partial charge in [-0.3, -0.25) is 10.5 Å². The minimum atomic E-state index is -5.20. The number of methoxy groups -OCH3 is 1. The van der Waals surface area contributed by atoms with Crippen molar-refractivity contribution in [1.29, 1.82) is 0 Å². The van der Waals surface area contributed by atoms with Gasteiger partial charge in [0.1, 0.15) is 5.75 Å². The number of likely N-dealkylation sites (N-methyl/N-ethyl adjacent to an activating group) is 1. The summed E-state index contributed by atoms with van der Waals surface area (Å²) in [4.78, 5) is 30.4. The second-order valence-corrected chi connectivity index (χ2v) is 8.62. The molecule has 0 aromatic heterocycles. The molecule has 2 aromatic rings. The zero-order valence-corrected chi connectivity index (χ0v) is 19.3. The average molecular weight is 489 g/mol. The first-order valence-corrected chi connectivity index (χ1v) is 11.2. The number of halogens is 3. The maximum Gasteiger partial charge on any atom is 0.493 e. The van der Waals surface area contributed by atoms with Crippen LogP contribution in [-0.4, -0.2) is 48.5 Å². The number of carbonyl (C=O) groups excluding carboxylic acids is 2. The van der Waals surface area contributed by atoms with Crippen molar-refractivity contribution < 1.29 is 32.3 Å². The number of ether oxygens (including phenoxy) is 1. The van der Waals surface area contributed by atoms with Gasteiger partial charge in [0.25, 0.3) is 5.91 Å². The maximum absolute atomic E-state index is 13.0. The van der Waals surface area contributed by atoms with E-state index in [9.17, 15) is 22.8 Å². The highest BCUT2D eigenvalue weighted by molar-refractivity contribution is 5.95. The van der Waals surface area contributed by atoms with E-state index in [0.29, 0.717) is 31.3 Å². The van der Waals surface area contributed by atoms with Crippen LogP contribution in [0.5, 0.6) is 5.75 Å². The Kier molecular flexibility index (Phi) is 6.75. The maximum atomic E-state index is 13.0. The number of rotatable bonds is 5. The van der Waals surface area contributed by atoms with Gasteiger partial charge in [0.05, 0.1) is 12.8 Å². The lowest BCUT2D eigenvalue weighted by Crippen LogP contribution is -2.60. The van der Waals surface area contributed by atoms with Gasteiger partial charge in [0, 0.05) is 18.5 Å². The fraction of sp³-hybridized carbons (Fsp3) is 0.360. The molecule has 2 aromatic carbocycles. The quantitative estimate of drug-likeness (QED) is 0.684. The van der Waals surface area contributed by atoms with Gasteiger partial charge in [0.15, 0.2) is 6.29 Å². The Hall–Kier alpha value is -3.53. The Bertz CT molecular complexity index is 1160. The third-order valence-electron chi connectivity index (χ3n) is 6.35. The Morgan fingerprint density at radius 2 is 1.83 bits per heavy atom. The van der Waals surface area contributed by atoms with Gasteiger partial charge in [-0.05, 0) is 54.5 Å². The van der Waals surface area contributed by atoms with Crippen LogP contribution in [0.2, 0.25) is 0 Å². The smallest absolute Gasteiger partial charge is 0.493 e. The molecule has 0 saturated carbocycles. The summed E-state index contributed by atoms with van der Waals surface area (Å²) in [7, 11) is 2.96. The average Bonchev–Trinajstić information content (AvgIpc) is 2.85. The molecule has 2 unspecified atom stereocenters. The van der Waals surface area contributed by atoms with Gasteiger partial charge in [0.2, 0.25) is 0 Å². The van der Waals surface area contributed by atoms with E-state index in [1.807, 2.05) is 48.5 Å². The minimum absolute atomic E-state index is 0.247. The lowest BCUT2D eigenvalue weighted by Gasteiger charge is -2.45. The lowest BCUT2D eigenvalue weighted by atomic mass is 9.81. The van der Waals surface area contributed by atoms with Gasteiger partial charge in [-0.25, -0.2) is 4.79 Å². The van der Waals surface area contributed by atoms with E-state index in [-0.39, 0.29) is 17.5 Å². The van der Waals surface area contributed by atoms with Crippen LogP contribution >= 0.6 is 0 Å². The second-order valence-electron chi connectivity index (χ2n) is 8.62. The largest absolute Gasteiger partial charge is 0.497 e. The van der Waals surface area contributed by atoms with Crippen LogP contribution in [0, 0.1) is 5.92 Å². The van der Waals surface area contributed by atoms with Crippen molar-refractivity contribution in [2.24, 2.45) is 11.7 Å². The van der Waals surface area contributed by atoms with E-state index in [1.54, 1.807) is 7.11 Å². The number of hydroxylamine groups is 2. The van der Waals surface area contributed by atoms with Crippen LogP contribution in [0.3, 0.4) is 0 Å². The number of nitrogens with two attached hydrogens (primary N) is 1. The number of alkyl halides is 3. The number of carbonyl (C=O) groups is 2. The summed E-state index contributed by atoms with van der Waals surface area (Å²) in [6.45, 7) is 0. The van der Waals surface area contributed by atoms with Crippen molar-refractivity contribution in [3.05, 3.63) is 65.4 Å². The molecule has 7 nitrogen and oxygen atoms in total. The highest BCUT2D eigenvalue weighted by Crippen LogP contribution is 2.40. The molecule has 1 aliphatic carbocycles. The SMILES string of the molecule is COc1cccc(-c2cccc(CC3CCCC4=C3N(OC(=O)C(F)(F)F)C(N)N(C)C4=O)c2)c1. The van der Waals surface area contributed by atoms with Crippen LogP contribution in [-0.2, 0) is 20.8 Å². The molecule has 0 bridgehead atoms. The molecule has 0 saturated heterocycles. The highest BCUT2D eigenvalue weighted by Gasteiger charge is 2.48. The van der Waals surface area contributed by atoms with Crippen molar-refractivity contribution in [2.45, 2.75) is 38.1 Å². The molecule has 1 heterocycles. The number of amides is 1. The van der Waals surface area contributed by atoms with Gasteiger partial charge < -0.3 is 14.5 Å².